The maximum absolute atomic E-state index is 13.1. The summed E-state index contributed by atoms with van der Waals surface area (Å²) in [5.41, 5.74) is 7.16. The van der Waals surface area contributed by atoms with Crippen molar-refractivity contribution in [1.29, 1.82) is 0 Å². The molecule has 1 aliphatic rings. The summed E-state index contributed by atoms with van der Waals surface area (Å²) in [7, 11) is 0. The number of ether oxygens (including phenoxy) is 1. The van der Waals surface area contributed by atoms with Gasteiger partial charge in [-0.25, -0.2) is 4.39 Å². The van der Waals surface area contributed by atoms with E-state index in [1.807, 2.05) is 0 Å². The molecule has 0 bridgehead atoms. The van der Waals surface area contributed by atoms with Crippen molar-refractivity contribution in [3.05, 3.63) is 34.1 Å². The van der Waals surface area contributed by atoms with Gasteiger partial charge in [0, 0.05) is 6.04 Å². The molecular formula is C13H17BrFNO. The van der Waals surface area contributed by atoms with Crippen molar-refractivity contribution < 1.29 is 9.13 Å². The zero-order chi connectivity index (χ0) is 12.4. The lowest BCUT2D eigenvalue weighted by Crippen LogP contribution is -2.36. The van der Waals surface area contributed by atoms with Gasteiger partial charge in [-0.1, -0.05) is 6.07 Å². The molecular weight excluding hydrogens is 285 g/mol. The minimum Gasteiger partial charge on any atom is -0.374 e. The zero-order valence-corrected chi connectivity index (χ0v) is 11.4. The molecule has 0 amide bonds. The monoisotopic (exact) mass is 301 g/mol. The lowest BCUT2D eigenvalue weighted by molar-refractivity contribution is 0.0404. The molecule has 0 saturated carbocycles. The van der Waals surface area contributed by atoms with E-state index in [4.69, 9.17) is 10.5 Å². The summed E-state index contributed by atoms with van der Waals surface area (Å²) < 4.78 is 19.3. The minimum absolute atomic E-state index is 0.0164. The van der Waals surface area contributed by atoms with Crippen LogP contribution in [0.25, 0.3) is 0 Å². The zero-order valence-electron chi connectivity index (χ0n) is 9.83. The molecule has 1 saturated heterocycles. The van der Waals surface area contributed by atoms with Crippen molar-refractivity contribution in [2.24, 2.45) is 5.73 Å². The first-order valence-electron chi connectivity index (χ1n) is 5.91. The summed E-state index contributed by atoms with van der Waals surface area (Å²) in [6, 6.07) is 5.01. The Bertz CT molecular complexity index is 399. The number of hydrogen-bond donors (Lipinski definition) is 1. The van der Waals surface area contributed by atoms with Gasteiger partial charge in [-0.3, -0.25) is 0 Å². The molecule has 0 radical (unpaired) electrons. The number of rotatable bonds is 3. The molecule has 2 nitrogen and oxygen atoms in total. The highest BCUT2D eigenvalue weighted by Gasteiger charge is 2.27. The molecule has 2 rings (SSSR count). The van der Waals surface area contributed by atoms with Crippen LogP contribution in [0.1, 0.15) is 25.3 Å². The molecule has 0 spiro atoms. The van der Waals surface area contributed by atoms with E-state index >= 15 is 0 Å². The van der Waals surface area contributed by atoms with Crippen molar-refractivity contribution >= 4 is 15.9 Å². The Morgan fingerprint density at radius 2 is 2.29 bits per heavy atom. The van der Waals surface area contributed by atoms with E-state index in [2.05, 4.69) is 22.9 Å². The van der Waals surface area contributed by atoms with E-state index in [0.29, 0.717) is 10.6 Å². The predicted molar refractivity (Wildman–Crippen MR) is 69.3 cm³/mol. The second-order valence-corrected chi connectivity index (χ2v) is 5.53. The lowest BCUT2D eigenvalue weighted by atomic mass is 10.0. The van der Waals surface area contributed by atoms with Crippen LogP contribution in [0.3, 0.4) is 0 Å². The van der Waals surface area contributed by atoms with Gasteiger partial charge in [-0.05, 0) is 59.8 Å². The van der Waals surface area contributed by atoms with Crippen LogP contribution in [-0.2, 0) is 11.2 Å². The van der Waals surface area contributed by atoms with E-state index in [1.165, 1.54) is 6.07 Å². The van der Waals surface area contributed by atoms with Crippen LogP contribution in [0.4, 0.5) is 4.39 Å². The van der Waals surface area contributed by atoms with Gasteiger partial charge in [-0.15, -0.1) is 0 Å². The van der Waals surface area contributed by atoms with E-state index in [-0.39, 0.29) is 18.0 Å². The van der Waals surface area contributed by atoms with Crippen LogP contribution in [-0.4, -0.2) is 18.2 Å². The molecule has 17 heavy (non-hydrogen) atoms. The van der Waals surface area contributed by atoms with Crippen LogP contribution >= 0.6 is 15.9 Å². The van der Waals surface area contributed by atoms with Crippen molar-refractivity contribution in [3.8, 4) is 0 Å². The average molecular weight is 302 g/mol. The molecule has 1 aromatic rings. The topological polar surface area (TPSA) is 35.2 Å². The van der Waals surface area contributed by atoms with Gasteiger partial charge in [0.05, 0.1) is 16.7 Å². The maximum atomic E-state index is 13.1. The summed E-state index contributed by atoms with van der Waals surface area (Å²) in [5, 5.41) is 0. The van der Waals surface area contributed by atoms with E-state index in [9.17, 15) is 4.39 Å². The highest BCUT2D eigenvalue weighted by Crippen LogP contribution is 2.24. The van der Waals surface area contributed by atoms with Crippen molar-refractivity contribution in [2.75, 3.05) is 0 Å². The van der Waals surface area contributed by atoms with Crippen LogP contribution in [0, 0.1) is 5.82 Å². The molecule has 1 aliphatic heterocycles. The fourth-order valence-corrected chi connectivity index (χ4v) is 2.64. The molecule has 1 fully saturated rings. The summed E-state index contributed by atoms with van der Waals surface area (Å²) in [6.45, 7) is 2.07. The third-order valence-corrected chi connectivity index (χ3v) is 3.81. The van der Waals surface area contributed by atoms with Gasteiger partial charge in [0.25, 0.3) is 0 Å². The van der Waals surface area contributed by atoms with E-state index in [0.717, 1.165) is 24.8 Å². The Labute approximate surface area is 109 Å². The molecule has 0 aromatic heterocycles. The fraction of sp³-hybridized carbons (Fsp3) is 0.538. The van der Waals surface area contributed by atoms with Gasteiger partial charge < -0.3 is 10.5 Å². The first-order valence-corrected chi connectivity index (χ1v) is 6.70. The van der Waals surface area contributed by atoms with Crippen LogP contribution < -0.4 is 5.73 Å². The third-order valence-electron chi connectivity index (χ3n) is 3.20. The first-order chi connectivity index (χ1) is 8.06. The standard InChI is InChI=1S/C13H17BrFNO/c1-8-2-5-13(17-8)12(16)7-9-3-4-11(15)10(14)6-9/h3-4,6,8,12-13H,2,5,7,16H2,1H3. The quantitative estimate of drug-likeness (QED) is 0.931. The molecule has 4 heteroatoms. The predicted octanol–water partition coefficient (Wildman–Crippen LogP) is 3.03. The summed E-state index contributed by atoms with van der Waals surface area (Å²) in [6.07, 6.45) is 3.26. The Morgan fingerprint density at radius 1 is 1.53 bits per heavy atom. The lowest BCUT2D eigenvalue weighted by Gasteiger charge is -2.19. The normalized spacial score (nSPS) is 26.1. The molecule has 3 unspecified atom stereocenters. The van der Waals surface area contributed by atoms with Gasteiger partial charge in [0.1, 0.15) is 5.82 Å². The molecule has 2 N–H and O–H groups in total. The number of nitrogens with two attached hydrogens (primary N) is 1. The largest absolute Gasteiger partial charge is 0.374 e. The highest BCUT2D eigenvalue weighted by atomic mass is 79.9. The minimum atomic E-state index is -0.243. The number of benzene rings is 1. The van der Waals surface area contributed by atoms with Crippen LogP contribution in [0.5, 0.6) is 0 Å². The van der Waals surface area contributed by atoms with Gasteiger partial charge in [0.15, 0.2) is 0 Å². The molecule has 1 heterocycles. The number of halogens is 2. The second kappa shape index (κ2) is 5.46. The van der Waals surface area contributed by atoms with Crippen molar-refractivity contribution in [2.45, 2.75) is 44.4 Å². The SMILES string of the molecule is CC1CCC(C(N)Cc2ccc(F)c(Br)c2)O1. The Kier molecular flexibility index (Phi) is 4.17. The van der Waals surface area contributed by atoms with E-state index < -0.39 is 0 Å². The van der Waals surface area contributed by atoms with Crippen LogP contribution in [0.2, 0.25) is 0 Å². The highest BCUT2D eigenvalue weighted by molar-refractivity contribution is 9.10. The van der Waals surface area contributed by atoms with Gasteiger partial charge in [0.2, 0.25) is 0 Å². The summed E-state index contributed by atoms with van der Waals surface area (Å²) >= 11 is 3.18. The molecule has 3 atom stereocenters. The Morgan fingerprint density at radius 3 is 2.88 bits per heavy atom. The van der Waals surface area contributed by atoms with E-state index in [1.54, 1.807) is 12.1 Å². The van der Waals surface area contributed by atoms with Gasteiger partial charge in [-0.2, -0.15) is 0 Å². The summed E-state index contributed by atoms with van der Waals surface area (Å²) in [5.74, 6) is -0.243. The average Bonchev–Trinajstić information content (AvgIpc) is 2.70. The van der Waals surface area contributed by atoms with Crippen molar-refractivity contribution in [3.63, 3.8) is 0 Å². The maximum Gasteiger partial charge on any atom is 0.137 e. The van der Waals surface area contributed by atoms with Gasteiger partial charge >= 0.3 is 0 Å². The molecule has 94 valence electrons. The van der Waals surface area contributed by atoms with Crippen molar-refractivity contribution in [1.82, 2.24) is 0 Å². The number of hydrogen-bond acceptors (Lipinski definition) is 2. The second-order valence-electron chi connectivity index (χ2n) is 4.68. The summed E-state index contributed by atoms with van der Waals surface area (Å²) in [4.78, 5) is 0. The smallest absolute Gasteiger partial charge is 0.137 e. The third kappa shape index (κ3) is 3.27. The first kappa shape index (κ1) is 13.0. The Balaban J connectivity index is 1.98. The molecule has 0 aliphatic carbocycles. The molecule has 1 aromatic carbocycles. The Hall–Kier alpha value is -0.450. The van der Waals surface area contributed by atoms with Crippen LogP contribution in [0.15, 0.2) is 22.7 Å². The fourth-order valence-electron chi connectivity index (χ4n) is 2.22.